The van der Waals surface area contributed by atoms with Crippen LogP contribution in [0.2, 0.25) is 0 Å². The van der Waals surface area contributed by atoms with Gasteiger partial charge in [-0.05, 0) is 0 Å². The lowest BCUT2D eigenvalue weighted by molar-refractivity contribution is -0.0503. The molecule has 9 N–H and O–H groups in total. The largest absolute Gasteiger partial charge is 0.490 e. The van der Waals surface area contributed by atoms with Crippen LogP contribution in [0.5, 0.6) is 0 Å². The van der Waals surface area contributed by atoms with E-state index in [1.54, 1.807) is 7.05 Å². The fourth-order valence-electron chi connectivity index (χ4n) is 2.86. The van der Waals surface area contributed by atoms with E-state index < -0.39 is 54.6 Å². The summed E-state index contributed by atoms with van der Waals surface area (Å²) in [6.45, 7) is -0.968. The summed E-state index contributed by atoms with van der Waals surface area (Å²) in [6, 6.07) is 0. The van der Waals surface area contributed by atoms with Crippen LogP contribution in [0.25, 0.3) is 11.2 Å². The van der Waals surface area contributed by atoms with Crippen LogP contribution in [0.1, 0.15) is 6.23 Å². The Morgan fingerprint density at radius 1 is 1.12 bits per heavy atom. The molecule has 3 heterocycles. The molecule has 2 aromatic heterocycles. The molecule has 0 aromatic carbocycles. The molecule has 1 saturated heterocycles. The molecule has 1 aliphatic rings. The number of phosphoric ester groups is 1. The normalized spacial score (nSPS) is 27.4. The maximum Gasteiger partial charge on any atom is 0.490 e. The monoisotopic (exact) mass is 536 g/mol. The number of aliphatic hydroxyl groups excluding tert-OH is 2. The highest BCUT2D eigenvalue weighted by atomic mass is 31.3. The maximum atomic E-state index is 11.8. The Balaban J connectivity index is 1.73. The molecule has 186 valence electrons. The van der Waals surface area contributed by atoms with E-state index in [0.29, 0.717) is 0 Å². The Hall–Kier alpha value is -1.56. The summed E-state index contributed by atoms with van der Waals surface area (Å²) in [4.78, 5) is 47.8. The molecule has 1 aliphatic heterocycles. The van der Waals surface area contributed by atoms with E-state index in [1.807, 2.05) is 0 Å². The van der Waals surface area contributed by atoms with Gasteiger partial charge in [0.05, 0.1) is 12.9 Å². The standard InChI is InChI=1S/C11H19N6O13P3/c1-13-8-5-9(16-11(12)15-8)17(3-14-5)10-7(19)6(18)4(28-10)2-27-32(23,24)30-33(25,26)29-31(20,21)22/h3-4,6-7,10,18-19H,2H2,1H3,(H,23,24)(H,25,26)(H2,20,21,22)(H3,12,13,15,16)/t4-,6?,7?,10-/m1/s1. The summed E-state index contributed by atoms with van der Waals surface area (Å²) in [7, 11) is -15.2. The van der Waals surface area contributed by atoms with Crippen LogP contribution in [0.15, 0.2) is 6.33 Å². The molecule has 2 aromatic rings. The molecule has 0 amide bonds. The molecule has 22 heteroatoms. The van der Waals surface area contributed by atoms with Crippen LogP contribution in [-0.4, -0.2) is 81.3 Å². The third-order valence-electron chi connectivity index (χ3n) is 4.10. The van der Waals surface area contributed by atoms with Crippen molar-refractivity contribution in [3.8, 4) is 0 Å². The van der Waals surface area contributed by atoms with Crippen molar-refractivity contribution in [1.29, 1.82) is 0 Å². The summed E-state index contributed by atoms with van der Waals surface area (Å²) >= 11 is 0. The summed E-state index contributed by atoms with van der Waals surface area (Å²) in [5.74, 6) is 0.138. The van der Waals surface area contributed by atoms with E-state index in [1.165, 1.54) is 10.9 Å². The van der Waals surface area contributed by atoms with Gasteiger partial charge in [-0.15, -0.1) is 0 Å². The minimum absolute atomic E-state index is 0.122. The van der Waals surface area contributed by atoms with E-state index in [4.69, 9.17) is 25.2 Å². The number of nitrogens with one attached hydrogen (secondary N) is 1. The van der Waals surface area contributed by atoms with Crippen LogP contribution in [-0.2, 0) is 31.6 Å². The number of aromatic nitrogens is 4. The van der Waals surface area contributed by atoms with Gasteiger partial charge in [0.1, 0.15) is 18.3 Å². The van der Waals surface area contributed by atoms with Crippen molar-refractivity contribution in [3.05, 3.63) is 6.33 Å². The Morgan fingerprint density at radius 3 is 2.39 bits per heavy atom. The molecule has 1 fully saturated rings. The van der Waals surface area contributed by atoms with Gasteiger partial charge in [0, 0.05) is 7.05 Å². The second-order valence-corrected chi connectivity index (χ2v) is 10.9. The van der Waals surface area contributed by atoms with Gasteiger partial charge < -0.3 is 45.6 Å². The van der Waals surface area contributed by atoms with Crippen molar-refractivity contribution < 1.29 is 61.4 Å². The molecule has 19 nitrogen and oxygen atoms in total. The topological polar surface area (TPSA) is 291 Å². The van der Waals surface area contributed by atoms with Gasteiger partial charge >= 0.3 is 23.5 Å². The first-order valence-electron chi connectivity index (χ1n) is 8.60. The molecule has 4 unspecified atom stereocenters. The molecule has 3 rings (SSSR count). The molecular weight excluding hydrogens is 517 g/mol. The zero-order valence-corrected chi connectivity index (χ0v) is 19.0. The predicted molar refractivity (Wildman–Crippen MR) is 105 cm³/mol. The number of ether oxygens (including phenoxy) is 1. The van der Waals surface area contributed by atoms with Gasteiger partial charge in [0.2, 0.25) is 5.95 Å². The third kappa shape index (κ3) is 6.12. The maximum absolute atomic E-state index is 11.8. The van der Waals surface area contributed by atoms with E-state index in [9.17, 15) is 28.8 Å². The Bertz CT molecular complexity index is 1170. The number of hydrogen-bond donors (Lipinski definition) is 8. The summed E-state index contributed by atoms with van der Waals surface area (Å²) in [5, 5.41) is 23.4. The number of fused-ring (bicyclic) bond motifs is 1. The number of imidazole rings is 1. The average Bonchev–Trinajstić information content (AvgIpc) is 3.18. The van der Waals surface area contributed by atoms with Crippen LogP contribution in [0.4, 0.5) is 11.8 Å². The molecular formula is C11H19N6O13P3. The van der Waals surface area contributed by atoms with Gasteiger partial charge in [-0.25, -0.2) is 18.7 Å². The quantitative estimate of drug-likeness (QED) is 0.168. The SMILES string of the molecule is CNc1nc(N)nc2c1ncn2[C@@H]1O[C@H](COP(=O)(O)OP(=O)(O)OP(=O)(O)O)C(O)C1O. The minimum Gasteiger partial charge on any atom is -0.387 e. The zero-order chi connectivity index (χ0) is 24.8. The van der Waals surface area contributed by atoms with E-state index in [0.717, 1.165) is 0 Å². The van der Waals surface area contributed by atoms with Gasteiger partial charge in [-0.3, -0.25) is 9.09 Å². The Kier molecular flexibility index (Phi) is 7.29. The summed E-state index contributed by atoms with van der Waals surface area (Å²) < 4.78 is 52.1. The van der Waals surface area contributed by atoms with E-state index in [2.05, 4.69) is 33.4 Å². The number of hydrogen-bond acceptors (Lipinski definition) is 14. The van der Waals surface area contributed by atoms with Crippen molar-refractivity contribution in [2.75, 3.05) is 24.7 Å². The van der Waals surface area contributed by atoms with Crippen molar-refractivity contribution >= 4 is 46.4 Å². The fourth-order valence-corrected chi connectivity index (χ4v) is 5.89. The predicted octanol–water partition coefficient (Wildman–Crippen LogP) is -1.59. The minimum atomic E-state index is -5.71. The highest BCUT2D eigenvalue weighted by Crippen LogP contribution is 2.66. The van der Waals surface area contributed by atoms with E-state index in [-0.39, 0.29) is 22.9 Å². The van der Waals surface area contributed by atoms with Gasteiger partial charge in [0.15, 0.2) is 23.2 Å². The number of nitrogens with two attached hydrogens (primary N) is 1. The Morgan fingerprint density at radius 2 is 1.79 bits per heavy atom. The Labute approximate surface area is 183 Å². The number of anilines is 2. The number of nitrogens with zero attached hydrogens (tertiary/aromatic N) is 4. The molecule has 0 aliphatic carbocycles. The molecule has 0 spiro atoms. The third-order valence-corrected chi connectivity index (χ3v) is 7.91. The first-order valence-corrected chi connectivity index (χ1v) is 13.1. The van der Waals surface area contributed by atoms with Gasteiger partial charge in [-0.1, -0.05) is 0 Å². The van der Waals surface area contributed by atoms with Crippen molar-refractivity contribution in [2.45, 2.75) is 24.5 Å². The molecule has 0 radical (unpaired) electrons. The molecule has 6 atom stereocenters. The lowest BCUT2D eigenvalue weighted by atomic mass is 10.1. The lowest BCUT2D eigenvalue weighted by Gasteiger charge is -2.19. The van der Waals surface area contributed by atoms with Crippen LogP contribution in [0.3, 0.4) is 0 Å². The average molecular weight is 536 g/mol. The second kappa shape index (κ2) is 9.24. The fraction of sp³-hybridized carbons (Fsp3) is 0.545. The summed E-state index contributed by atoms with van der Waals surface area (Å²) in [5.41, 5.74) is 6.03. The first kappa shape index (κ1) is 26.1. The molecule has 0 bridgehead atoms. The lowest BCUT2D eigenvalue weighted by Crippen LogP contribution is -2.33. The van der Waals surface area contributed by atoms with Crippen LogP contribution < -0.4 is 11.1 Å². The van der Waals surface area contributed by atoms with Crippen molar-refractivity contribution in [2.24, 2.45) is 0 Å². The molecule has 0 saturated carbocycles. The molecule has 33 heavy (non-hydrogen) atoms. The number of rotatable bonds is 9. The second-order valence-electron chi connectivity index (χ2n) is 6.44. The van der Waals surface area contributed by atoms with Crippen molar-refractivity contribution in [3.63, 3.8) is 0 Å². The highest BCUT2D eigenvalue weighted by molar-refractivity contribution is 7.66. The van der Waals surface area contributed by atoms with Gasteiger partial charge in [0.25, 0.3) is 0 Å². The van der Waals surface area contributed by atoms with E-state index >= 15 is 0 Å². The van der Waals surface area contributed by atoms with Crippen molar-refractivity contribution in [1.82, 2.24) is 19.5 Å². The zero-order valence-electron chi connectivity index (χ0n) is 16.3. The summed E-state index contributed by atoms with van der Waals surface area (Å²) in [6.07, 6.45) is -4.90. The van der Waals surface area contributed by atoms with Crippen LogP contribution >= 0.6 is 23.5 Å². The highest BCUT2D eigenvalue weighted by Gasteiger charge is 2.47. The number of nitrogen functional groups attached to an aromatic ring is 1. The number of aliphatic hydroxyl groups is 2. The first-order chi connectivity index (χ1) is 15.1. The number of phosphoric acid groups is 3. The van der Waals surface area contributed by atoms with Gasteiger partial charge in [-0.2, -0.15) is 18.6 Å². The smallest absolute Gasteiger partial charge is 0.387 e. The van der Waals surface area contributed by atoms with Crippen LogP contribution in [0, 0.1) is 0 Å².